The fraction of sp³-hybridized carbons (Fsp3) is 0.294. The van der Waals surface area contributed by atoms with E-state index in [0.717, 1.165) is 25.9 Å². The van der Waals surface area contributed by atoms with Gasteiger partial charge in [0, 0.05) is 37.1 Å². The zero-order valence-corrected chi connectivity index (χ0v) is 12.6. The van der Waals surface area contributed by atoms with Gasteiger partial charge in [0.15, 0.2) is 0 Å². The number of rotatable bonds is 3. The van der Waals surface area contributed by atoms with E-state index in [9.17, 15) is 4.79 Å². The van der Waals surface area contributed by atoms with E-state index in [0.29, 0.717) is 17.2 Å². The van der Waals surface area contributed by atoms with Gasteiger partial charge in [0.05, 0.1) is 11.6 Å². The molecule has 1 aliphatic heterocycles. The Morgan fingerprint density at radius 1 is 1.22 bits per heavy atom. The molecule has 6 nitrogen and oxygen atoms in total. The maximum Gasteiger partial charge on any atom is 0.227 e. The van der Waals surface area contributed by atoms with Crippen LogP contribution in [0, 0.1) is 17.2 Å². The highest BCUT2D eigenvalue weighted by Gasteiger charge is 2.26. The fourth-order valence-corrected chi connectivity index (χ4v) is 2.71. The van der Waals surface area contributed by atoms with Gasteiger partial charge in [-0.2, -0.15) is 5.26 Å². The predicted octanol–water partition coefficient (Wildman–Crippen LogP) is 2.20. The summed E-state index contributed by atoms with van der Waals surface area (Å²) in [4.78, 5) is 22.9. The second kappa shape index (κ2) is 6.88. The van der Waals surface area contributed by atoms with Crippen molar-refractivity contribution in [3.8, 4) is 6.07 Å². The normalized spacial score (nSPS) is 15.0. The van der Waals surface area contributed by atoms with Crippen molar-refractivity contribution in [3.63, 3.8) is 0 Å². The Labute approximate surface area is 134 Å². The Morgan fingerprint density at radius 3 is 2.65 bits per heavy atom. The molecule has 23 heavy (non-hydrogen) atoms. The van der Waals surface area contributed by atoms with Gasteiger partial charge in [-0.3, -0.25) is 4.79 Å². The zero-order valence-electron chi connectivity index (χ0n) is 12.6. The third kappa shape index (κ3) is 3.64. The highest BCUT2D eigenvalue weighted by molar-refractivity contribution is 5.92. The molecule has 2 aromatic rings. The molecule has 1 aromatic heterocycles. The van der Waals surface area contributed by atoms with Gasteiger partial charge in [0.25, 0.3) is 0 Å². The van der Waals surface area contributed by atoms with Crippen LogP contribution in [0.1, 0.15) is 18.4 Å². The number of nitrogens with one attached hydrogen (secondary N) is 1. The molecule has 3 rings (SSSR count). The zero-order chi connectivity index (χ0) is 16.1. The molecule has 0 radical (unpaired) electrons. The molecular formula is C17H17N5O. The van der Waals surface area contributed by atoms with Crippen molar-refractivity contribution in [2.75, 3.05) is 23.3 Å². The molecule has 1 fully saturated rings. The van der Waals surface area contributed by atoms with Crippen LogP contribution in [-0.2, 0) is 4.79 Å². The highest BCUT2D eigenvalue weighted by atomic mass is 16.1. The maximum atomic E-state index is 12.4. The number of piperidine rings is 1. The molecular weight excluding hydrogens is 290 g/mol. The molecule has 0 saturated carbocycles. The number of hydrogen-bond donors (Lipinski definition) is 1. The minimum absolute atomic E-state index is 0.00807. The van der Waals surface area contributed by atoms with Gasteiger partial charge in [0.1, 0.15) is 0 Å². The van der Waals surface area contributed by atoms with Crippen molar-refractivity contribution in [1.82, 2.24) is 9.97 Å². The molecule has 2 heterocycles. The van der Waals surface area contributed by atoms with Crippen LogP contribution in [0.3, 0.4) is 0 Å². The Kier molecular flexibility index (Phi) is 4.48. The molecule has 1 aliphatic rings. The van der Waals surface area contributed by atoms with Gasteiger partial charge < -0.3 is 10.2 Å². The number of amides is 1. The minimum atomic E-state index is -0.0271. The monoisotopic (exact) mass is 307 g/mol. The van der Waals surface area contributed by atoms with Crippen LogP contribution in [0.25, 0.3) is 0 Å². The average molecular weight is 307 g/mol. The van der Waals surface area contributed by atoms with Crippen LogP contribution in [0.4, 0.5) is 11.6 Å². The van der Waals surface area contributed by atoms with Crippen molar-refractivity contribution in [2.24, 2.45) is 5.92 Å². The number of aromatic nitrogens is 2. The molecule has 1 aromatic carbocycles. The van der Waals surface area contributed by atoms with Crippen LogP contribution >= 0.6 is 0 Å². The summed E-state index contributed by atoms with van der Waals surface area (Å²) in [7, 11) is 0. The Balaban J connectivity index is 1.57. The summed E-state index contributed by atoms with van der Waals surface area (Å²) < 4.78 is 0. The SMILES string of the molecule is N#Cc1cccc(NC(=O)C2CCN(c3ncccn3)CC2)c1. The quantitative estimate of drug-likeness (QED) is 0.940. The van der Waals surface area contributed by atoms with E-state index in [1.165, 1.54) is 0 Å². The molecule has 0 aliphatic carbocycles. The lowest BCUT2D eigenvalue weighted by molar-refractivity contribution is -0.120. The number of nitrogens with zero attached hydrogens (tertiary/aromatic N) is 4. The minimum Gasteiger partial charge on any atom is -0.341 e. The smallest absolute Gasteiger partial charge is 0.227 e. The second-order valence-corrected chi connectivity index (χ2v) is 5.49. The number of carbonyl (C=O) groups excluding carboxylic acids is 1. The molecule has 1 N–H and O–H groups in total. The Hall–Kier alpha value is -2.94. The molecule has 0 bridgehead atoms. The number of hydrogen-bond acceptors (Lipinski definition) is 5. The molecule has 116 valence electrons. The number of carbonyl (C=O) groups is 1. The van der Waals surface area contributed by atoms with E-state index < -0.39 is 0 Å². The number of nitriles is 1. The van der Waals surface area contributed by atoms with Crippen LogP contribution in [0.5, 0.6) is 0 Å². The first-order valence-electron chi connectivity index (χ1n) is 7.59. The fourth-order valence-electron chi connectivity index (χ4n) is 2.71. The summed E-state index contributed by atoms with van der Waals surface area (Å²) in [5.41, 5.74) is 1.21. The number of benzene rings is 1. The van der Waals surface area contributed by atoms with E-state index in [1.807, 2.05) is 0 Å². The van der Waals surface area contributed by atoms with Gasteiger partial charge in [-0.15, -0.1) is 0 Å². The van der Waals surface area contributed by atoms with E-state index in [-0.39, 0.29) is 11.8 Å². The molecule has 0 spiro atoms. The lowest BCUT2D eigenvalue weighted by Gasteiger charge is -2.31. The largest absolute Gasteiger partial charge is 0.341 e. The Morgan fingerprint density at radius 2 is 1.96 bits per heavy atom. The van der Waals surface area contributed by atoms with Crippen LogP contribution in [0.15, 0.2) is 42.7 Å². The van der Waals surface area contributed by atoms with Crippen molar-refractivity contribution in [2.45, 2.75) is 12.8 Å². The van der Waals surface area contributed by atoms with Crippen molar-refractivity contribution >= 4 is 17.5 Å². The molecule has 6 heteroatoms. The van der Waals surface area contributed by atoms with Crippen LogP contribution in [0.2, 0.25) is 0 Å². The summed E-state index contributed by atoms with van der Waals surface area (Å²) in [6, 6.07) is 10.8. The summed E-state index contributed by atoms with van der Waals surface area (Å²) in [5, 5.41) is 11.8. The lowest BCUT2D eigenvalue weighted by Crippen LogP contribution is -2.39. The van der Waals surface area contributed by atoms with Gasteiger partial charge in [-0.25, -0.2) is 9.97 Å². The van der Waals surface area contributed by atoms with Crippen molar-refractivity contribution in [1.29, 1.82) is 5.26 Å². The van der Waals surface area contributed by atoms with Crippen molar-refractivity contribution in [3.05, 3.63) is 48.3 Å². The summed E-state index contributed by atoms with van der Waals surface area (Å²) in [6.45, 7) is 1.53. The lowest BCUT2D eigenvalue weighted by atomic mass is 9.96. The van der Waals surface area contributed by atoms with Crippen LogP contribution < -0.4 is 10.2 Å². The first-order valence-corrected chi connectivity index (χ1v) is 7.59. The Bertz CT molecular complexity index is 717. The summed E-state index contributed by atoms with van der Waals surface area (Å²) >= 11 is 0. The van der Waals surface area contributed by atoms with E-state index >= 15 is 0 Å². The topological polar surface area (TPSA) is 81.9 Å². The van der Waals surface area contributed by atoms with Gasteiger partial charge in [-0.1, -0.05) is 6.07 Å². The highest BCUT2D eigenvalue weighted by Crippen LogP contribution is 2.22. The third-order valence-corrected chi connectivity index (χ3v) is 3.96. The average Bonchev–Trinajstić information content (AvgIpc) is 2.63. The van der Waals surface area contributed by atoms with Gasteiger partial charge in [-0.05, 0) is 37.1 Å². The van der Waals surface area contributed by atoms with Crippen molar-refractivity contribution < 1.29 is 4.79 Å². The molecule has 1 saturated heterocycles. The molecule has 0 atom stereocenters. The predicted molar refractivity (Wildman–Crippen MR) is 86.8 cm³/mol. The van der Waals surface area contributed by atoms with Gasteiger partial charge >= 0.3 is 0 Å². The standard InChI is InChI=1S/C17H17N5O/c18-12-13-3-1-4-15(11-13)21-16(23)14-5-9-22(10-6-14)17-19-7-2-8-20-17/h1-4,7-8,11,14H,5-6,9-10H2,(H,21,23). The van der Waals surface area contributed by atoms with E-state index in [1.54, 1.807) is 42.7 Å². The first kappa shape index (κ1) is 15.0. The van der Waals surface area contributed by atoms with E-state index in [4.69, 9.17) is 5.26 Å². The maximum absolute atomic E-state index is 12.4. The van der Waals surface area contributed by atoms with Gasteiger partial charge in [0.2, 0.25) is 11.9 Å². The molecule has 1 amide bonds. The first-order chi connectivity index (χ1) is 11.3. The van der Waals surface area contributed by atoms with Crippen LogP contribution in [-0.4, -0.2) is 29.0 Å². The summed E-state index contributed by atoms with van der Waals surface area (Å²) in [6.07, 6.45) is 4.98. The molecule has 0 unspecified atom stereocenters. The second-order valence-electron chi connectivity index (χ2n) is 5.49. The summed E-state index contributed by atoms with van der Waals surface area (Å²) in [5.74, 6) is 0.697. The number of anilines is 2. The third-order valence-electron chi connectivity index (χ3n) is 3.96. The van der Waals surface area contributed by atoms with E-state index in [2.05, 4.69) is 26.3 Å².